The minimum atomic E-state index is -0.404. The summed E-state index contributed by atoms with van der Waals surface area (Å²) >= 11 is 0. The molecule has 3 aromatic rings. The molecular formula is C18H18N8O3. The molecule has 0 saturated carbocycles. The lowest BCUT2D eigenvalue weighted by Gasteiger charge is -2.30. The monoisotopic (exact) mass is 394 g/mol. The van der Waals surface area contributed by atoms with E-state index >= 15 is 0 Å². The number of hydrogen-bond donors (Lipinski definition) is 2. The van der Waals surface area contributed by atoms with Gasteiger partial charge in [-0.3, -0.25) is 4.57 Å². The Labute approximate surface area is 164 Å². The van der Waals surface area contributed by atoms with Gasteiger partial charge in [-0.1, -0.05) is 6.07 Å². The molecule has 5 heterocycles. The molecule has 29 heavy (non-hydrogen) atoms. The molecule has 0 aromatic carbocycles. The number of nitrogens with one attached hydrogen (secondary N) is 1. The van der Waals surface area contributed by atoms with Crippen LogP contribution in [0.5, 0.6) is 5.88 Å². The molecule has 0 fully saturated rings. The lowest BCUT2D eigenvalue weighted by Crippen LogP contribution is -2.49. The Kier molecular flexibility index (Phi) is 3.95. The van der Waals surface area contributed by atoms with Gasteiger partial charge in [0, 0.05) is 19.3 Å². The third-order valence-electron chi connectivity index (χ3n) is 4.73. The molecule has 5 rings (SSSR count). The zero-order valence-electron chi connectivity index (χ0n) is 15.5. The molecule has 0 bridgehead atoms. The summed E-state index contributed by atoms with van der Waals surface area (Å²) < 4.78 is 12.6. The zero-order valence-corrected chi connectivity index (χ0v) is 15.5. The van der Waals surface area contributed by atoms with Crippen LogP contribution in [0.1, 0.15) is 17.6 Å². The maximum Gasteiger partial charge on any atom is 0.327 e. The average molecular weight is 394 g/mol. The smallest absolute Gasteiger partial charge is 0.327 e. The minimum Gasteiger partial charge on any atom is -0.476 e. The summed E-state index contributed by atoms with van der Waals surface area (Å²) in [4.78, 5) is 28.6. The van der Waals surface area contributed by atoms with Crippen LogP contribution in [-0.4, -0.2) is 50.0 Å². The van der Waals surface area contributed by atoms with E-state index in [1.54, 1.807) is 40.7 Å². The predicted molar refractivity (Wildman–Crippen MR) is 104 cm³/mol. The van der Waals surface area contributed by atoms with E-state index in [0.717, 1.165) is 0 Å². The van der Waals surface area contributed by atoms with Crippen LogP contribution in [0.25, 0.3) is 0 Å². The van der Waals surface area contributed by atoms with Crippen LogP contribution in [-0.2, 0) is 6.54 Å². The quantitative estimate of drug-likeness (QED) is 0.655. The number of amidine groups is 1. The van der Waals surface area contributed by atoms with Crippen molar-refractivity contribution in [1.29, 1.82) is 0 Å². The van der Waals surface area contributed by atoms with Crippen molar-refractivity contribution in [3.05, 3.63) is 64.7 Å². The van der Waals surface area contributed by atoms with E-state index in [1.165, 1.54) is 4.57 Å². The Bertz CT molecular complexity index is 1150. The van der Waals surface area contributed by atoms with Crippen molar-refractivity contribution < 1.29 is 9.15 Å². The fraction of sp³-hybridized carbons (Fsp3) is 0.222. The van der Waals surface area contributed by atoms with Crippen LogP contribution in [0.15, 0.2) is 62.0 Å². The van der Waals surface area contributed by atoms with Crippen molar-refractivity contribution in [3.8, 4) is 5.88 Å². The number of H-pyrrole nitrogens is 1. The number of nitrogens with zero attached hydrogens (tertiary/aromatic N) is 6. The van der Waals surface area contributed by atoms with Gasteiger partial charge in [0.15, 0.2) is 17.8 Å². The highest BCUT2D eigenvalue weighted by molar-refractivity contribution is 6.13. The molecule has 0 saturated heterocycles. The summed E-state index contributed by atoms with van der Waals surface area (Å²) in [5, 5.41) is 3.45. The van der Waals surface area contributed by atoms with Crippen LogP contribution in [0, 0.1) is 0 Å². The molecule has 1 atom stereocenters. The fourth-order valence-corrected chi connectivity index (χ4v) is 3.41. The fourth-order valence-electron chi connectivity index (χ4n) is 3.41. The van der Waals surface area contributed by atoms with E-state index in [2.05, 4.69) is 15.0 Å². The van der Waals surface area contributed by atoms with Crippen molar-refractivity contribution in [3.63, 3.8) is 0 Å². The average Bonchev–Trinajstić information content (AvgIpc) is 3.42. The van der Waals surface area contributed by atoms with Gasteiger partial charge in [0.1, 0.15) is 18.1 Å². The van der Waals surface area contributed by atoms with Crippen LogP contribution < -0.4 is 16.2 Å². The largest absolute Gasteiger partial charge is 0.476 e. The Morgan fingerprint density at radius 3 is 2.97 bits per heavy atom. The van der Waals surface area contributed by atoms with Gasteiger partial charge in [-0.25, -0.2) is 19.8 Å². The molecule has 2 aliphatic heterocycles. The predicted octanol–water partition coefficient (Wildman–Crippen LogP) is 0.811. The molecule has 0 radical (unpaired) electrons. The van der Waals surface area contributed by atoms with Gasteiger partial charge >= 0.3 is 5.69 Å². The molecule has 11 heteroatoms. The van der Waals surface area contributed by atoms with Crippen LogP contribution in [0.3, 0.4) is 0 Å². The third-order valence-corrected chi connectivity index (χ3v) is 4.73. The van der Waals surface area contributed by atoms with Gasteiger partial charge in [-0.2, -0.15) is 10.0 Å². The number of pyridine rings is 1. The molecule has 0 amide bonds. The van der Waals surface area contributed by atoms with Gasteiger partial charge in [0.2, 0.25) is 11.8 Å². The van der Waals surface area contributed by atoms with Gasteiger partial charge < -0.3 is 19.9 Å². The van der Waals surface area contributed by atoms with Gasteiger partial charge in [0.05, 0.1) is 12.8 Å². The van der Waals surface area contributed by atoms with Gasteiger partial charge in [-0.15, -0.1) is 0 Å². The second kappa shape index (κ2) is 6.63. The highest BCUT2D eigenvalue weighted by Gasteiger charge is 2.41. The Hall–Kier alpha value is -3.86. The molecule has 148 valence electrons. The number of hydrogen-bond acceptors (Lipinski definition) is 9. The summed E-state index contributed by atoms with van der Waals surface area (Å²) in [7, 11) is 1.83. The van der Waals surface area contributed by atoms with E-state index in [9.17, 15) is 4.79 Å². The normalized spacial score (nSPS) is 18.2. The van der Waals surface area contributed by atoms with E-state index in [4.69, 9.17) is 19.9 Å². The highest BCUT2D eigenvalue weighted by atomic mass is 16.5. The first-order valence-corrected chi connectivity index (χ1v) is 8.99. The second-order valence-corrected chi connectivity index (χ2v) is 6.49. The number of aromatic amines is 1. The van der Waals surface area contributed by atoms with Gasteiger partial charge in [0.25, 0.3) is 0 Å². The Morgan fingerprint density at radius 1 is 1.31 bits per heavy atom. The number of fused-ring (bicyclic) bond motifs is 3. The first-order valence-electron chi connectivity index (χ1n) is 8.99. The maximum absolute atomic E-state index is 12.6. The maximum atomic E-state index is 12.6. The summed E-state index contributed by atoms with van der Waals surface area (Å²) in [5.41, 5.74) is 6.38. The van der Waals surface area contributed by atoms with Crippen molar-refractivity contribution in [2.75, 3.05) is 13.7 Å². The summed E-state index contributed by atoms with van der Waals surface area (Å²) in [6, 6.07) is 9.01. The van der Waals surface area contributed by atoms with Crippen LogP contribution >= 0.6 is 0 Å². The number of rotatable bonds is 5. The van der Waals surface area contributed by atoms with Crippen molar-refractivity contribution in [1.82, 2.24) is 24.6 Å². The first kappa shape index (κ1) is 17.3. The van der Waals surface area contributed by atoms with Gasteiger partial charge in [-0.05, 0) is 18.2 Å². The molecule has 11 nitrogen and oxygen atoms in total. The topological polar surface area (TPSA) is 130 Å². The number of ether oxygens (including phenoxy) is 1. The molecule has 1 unspecified atom stereocenters. The number of nitrogens with two attached hydrogens (primary N) is 1. The lowest BCUT2D eigenvalue weighted by atomic mass is 10.3. The number of aliphatic imine (C=N–C) groups is 2. The van der Waals surface area contributed by atoms with Crippen molar-refractivity contribution >= 4 is 17.6 Å². The SMILES string of the molecule is CN1C(c2ccco2)N=C2c3[nH]c(=O)n(CCOc4ccccn4)c3N=C(N)N21. The van der Waals surface area contributed by atoms with E-state index < -0.39 is 6.17 Å². The van der Waals surface area contributed by atoms with E-state index in [0.29, 0.717) is 29.0 Å². The number of aromatic nitrogens is 3. The highest BCUT2D eigenvalue weighted by Crippen LogP contribution is 2.35. The summed E-state index contributed by atoms with van der Waals surface area (Å²) in [6.07, 6.45) is 2.83. The van der Waals surface area contributed by atoms with Crippen molar-refractivity contribution in [2.24, 2.45) is 15.7 Å². The number of imidazole rings is 1. The number of hydrazine groups is 1. The van der Waals surface area contributed by atoms with Crippen LogP contribution in [0.4, 0.5) is 5.82 Å². The first-order chi connectivity index (χ1) is 14.1. The van der Waals surface area contributed by atoms with E-state index in [1.807, 2.05) is 19.2 Å². The molecule has 3 N–H and O–H groups in total. The molecular weight excluding hydrogens is 376 g/mol. The molecule has 0 aliphatic carbocycles. The number of furan rings is 1. The van der Waals surface area contributed by atoms with Crippen LogP contribution in [0.2, 0.25) is 0 Å². The summed E-state index contributed by atoms with van der Waals surface area (Å²) in [5.74, 6) is 2.29. The Morgan fingerprint density at radius 2 is 2.21 bits per heavy atom. The third kappa shape index (κ3) is 2.79. The standard InChI is InChI=1S/C18H18N8O3/c1-24-14(11-5-4-9-28-11)22-16-13-15(23-17(19)26(16)24)25(18(27)21-13)8-10-29-12-6-2-3-7-20-12/h2-7,9,14H,8,10H2,1H3,(H2,19,23)(H,21,27). The lowest BCUT2D eigenvalue weighted by molar-refractivity contribution is 0.108. The minimum absolute atomic E-state index is 0.214. The zero-order chi connectivity index (χ0) is 20.0. The van der Waals surface area contributed by atoms with E-state index in [-0.39, 0.29) is 24.8 Å². The molecule has 0 spiro atoms. The Balaban J connectivity index is 1.45. The number of guanidine groups is 1. The van der Waals surface area contributed by atoms with Crippen molar-refractivity contribution in [2.45, 2.75) is 12.7 Å². The summed E-state index contributed by atoms with van der Waals surface area (Å²) in [6.45, 7) is 0.532. The molecule has 2 aliphatic rings. The second-order valence-electron chi connectivity index (χ2n) is 6.49. The molecule has 3 aromatic heterocycles.